The Bertz CT molecular complexity index is 954. The fraction of sp³-hybridized carbons (Fsp3) is 0.500. The summed E-state index contributed by atoms with van der Waals surface area (Å²) in [5, 5.41) is 19.8. The molecule has 1 saturated heterocycles. The van der Waals surface area contributed by atoms with Crippen LogP contribution >= 0.6 is 11.6 Å². The molecule has 1 heterocycles. The lowest BCUT2D eigenvalue weighted by Gasteiger charge is -2.28. The number of rotatable bonds is 11. The smallest absolute Gasteiger partial charge is 0.303 e. The first-order valence-electron chi connectivity index (χ1n) is 11.5. The van der Waals surface area contributed by atoms with E-state index in [4.69, 9.17) is 21.4 Å². The molecule has 0 spiro atoms. The molecule has 0 unspecified atom stereocenters. The molecule has 1 aliphatic heterocycles. The zero-order chi connectivity index (χ0) is 24.0. The second-order valence-corrected chi connectivity index (χ2v) is 9.38. The quantitative estimate of drug-likeness (QED) is 0.479. The van der Waals surface area contributed by atoms with Crippen molar-refractivity contribution in [2.75, 3.05) is 19.7 Å². The van der Waals surface area contributed by atoms with Crippen LogP contribution in [-0.4, -0.2) is 52.9 Å². The number of aryl methyl sites for hydroxylation is 2. The van der Waals surface area contributed by atoms with Crippen molar-refractivity contribution >= 4 is 17.6 Å². The molecule has 2 aromatic carbocycles. The lowest BCUT2D eigenvalue weighted by Crippen LogP contribution is -2.39. The number of nitrogens with zero attached hydrogens (tertiary/aromatic N) is 1. The van der Waals surface area contributed by atoms with Crippen molar-refractivity contribution in [2.24, 2.45) is 0 Å². The molecule has 3 rings (SSSR count). The molecule has 0 bridgehead atoms. The maximum absolute atomic E-state index is 13.8. The highest BCUT2D eigenvalue weighted by molar-refractivity contribution is 6.30. The summed E-state index contributed by atoms with van der Waals surface area (Å²) in [6.07, 6.45) is 2.38. The summed E-state index contributed by atoms with van der Waals surface area (Å²) in [6.45, 7) is 5.48. The van der Waals surface area contributed by atoms with E-state index in [1.165, 1.54) is 6.07 Å². The predicted molar refractivity (Wildman–Crippen MR) is 127 cm³/mol. The molecular weight excluding hydrogens is 445 g/mol. The van der Waals surface area contributed by atoms with Gasteiger partial charge in [0.1, 0.15) is 5.82 Å². The van der Waals surface area contributed by atoms with Crippen LogP contribution in [0.15, 0.2) is 36.4 Å². The molecule has 0 aromatic heterocycles. The lowest BCUT2D eigenvalue weighted by molar-refractivity contribution is -0.136. The van der Waals surface area contributed by atoms with E-state index in [1.54, 1.807) is 6.07 Å². The Kier molecular flexibility index (Phi) is 9.27. The molecular formula is C26H33ClFNO4. The van der Waals surface area contributed by atoms with E-state index in [0.717, 1.165) is 41.6 Å². The van der Waals surface area contributed by atoms with Gasteiger partial charge in [0.15, 0.2) is 0 Å². The van der Waals surface area contributed by atoms with E-state index >= 15 is 0 Å². The number of likely N-dealkylation sites (tertiary alicyclic amines) is 1. The van der Waals surface area contributed by atoms with Gasteiger partial charge in [-0.25, -0.2) is 4.39 Å². The fourth-order valence-electron chi connectivity index (χ4n) is 4.56. The normalized spacial score (nSPS) is 18.4. The van der Waals surface area contributed by atoms with E-state index in [2.05, 4.69) is 4.90 Å². The van der Waals surface area contributed by atoms with Crippen molar-refractivity contribution in [2.45, 2.75) is 64.2 Å². The molecule has 180 valence electrons. The topological polar surface area (TPSA) is 70.0 Å². The van der Waals surface area contributed by atoms with Crippen LogP contribution in [0.4, 0.5) is 4.39 Å². The third-order valence-corrected chi connectivity index (χ3v) is 6.59. The number of ether oxygens (including phenoxy) is 1. The van der Waals surface area contributed by atoms with Gasteiger partial charge in [-0.05, 0) is 74.9 Å². The number of carboxylic acids is 1. The van der Waals surface area contributed by atoms with E-state index in [-0.39, 0.29) is 30.2 Å². The van der Waals surface area contributed by atoms with Gasteiger partial charge in [0, 0.05) is 19.0 Å². The van der Waals surface area contributed by atoms with Gasteiger partial charge < -0.3 is 14.9 Å². The van der Waals surface area contributed by atoms with Crippen molar-refractivity contribution < 1.29 is 24.1 Å². The van der Waals surface area contributed by atoms with Gasteiger partial charge in [-0.2, -0.15) is 0 Å². The summed E-state index contributed by atoms with van der Waals surface area (Å²) in [4.78, 5) is 13.2. The largest absolute Gasteiger partial charge is 0.481 e. The van der Waals surface area contributed by atoms with Gasteiger partial charge in [0.2, 0.25) is 0 Å². The molecule has 0 saturated carbocycles. The second-order valence-electron chi connectivity index (χ2n) is 8.97. The number of benzene rings is 2. The summed E-state index contributed by atoms with van der Waals surface area (Å²) in [7, 11) is 0. The van der Waals surface area contributed by atoms with Crippen LogP contribution in [0.1, 0.15) is 54.5 Å². The third kappa shape index (κ3) is 7.51. The van der Waals surface area contributed by atoms with Gasteiger partial charge in [0.05, 0.1) is 23.8 Å². The maximum Gasteiger partial charge on any atom is 0.303 e. The second kappa shape index (κ2) is 11.9. The van der Waals surface area contributed by atoms with E-state index < -0.39 is 17.9 Å². The number of aliphatic hydroxyl groups is 1. The molecule has 0 amide bonds. The van der Waals surface area contributed by atoms with Crippen molar-refractivity contribution in [1.29, 1.82) is 0 Å². The minimum atomic E-state index is -0.826. The molecule has 1 fully saturated rings. The first-order valence-corrected chi connectivity index (χ1v) is 11.9. The van der Waals surface area contributed by atoms with Crippen LogP contribution in [0.2, 0.25) is 5.02 Å². The third-order valence-electron chi connectivity index (χ3n) is 6.28. The Morgan fingerprint density at radius 1 is 1.30 bits per heavy atom. The van der Waals surface area contributed by atoms with Crippen LogP contribution in [0.25, 0.3) is 0 Å². The number of carboxylic acid groups (broad SMARTS) is 1. The summed E-state index contributed by atoms with van der Waals surface area (Å²) in [5.74, 6) is -1.23. The monoisotopic (exact) mass is 477 g/mol. The van der Waals surface area contributed by atoms with Crippen molar-refractivity contribution in [3.8, 4) is 0 Å². The van der Waals surface area contributed by atoms with E-state index in [9.17, 15) is 14.3 Å². The van der Waals surface area contributed by atoms with E-state index in [1.807, 2.05) is 38.1 Å². The molecule has 1 aliphatic rings. The van der Waals surface area contributed by atoms with Crippen LogP contribution < -0.4 is 0 Å². The van der Waals surface area contributed by atoms with Crippen molar-refractivity contribution in [3.05, 3.63) is 69.5 Å². The predicted octanol–water partition coefficient (Wildman–Crippen LogP) is 4.95. The zero-order valence-corrected chi connectivity index (χ0v) is 20.0. The minimum absolute atomic E-state index is 0.0691. The Labute approximate surface area is 200 Å². The Hall–Kier alpha value is -1.99. The molecule has 5 nitrogen and oxygen atoms in total. The standard InChI is InChI=1S/C26H33ClFNO4/c1-17-5-8-23(20(12-17)7-10-26(31)32)18(2)33-16-22(30)15-29-11-3-4-21(29)13-19-6-9-24(27)25(28)14-19/h5-6,8-9,12,14,18,21-22,30H,3-4,7,10-11,13,15-16H2,1-2H3,(H,31,32)/t18-,21+,22-/m1/s1. The molecule has 7 heteroatoms. The zero-order valence-electron chi connectivity index (χ0n) is 19.3. The maximum atomic E-state index is 13.8. The van der Waals surface area contributed by atoms with Crippen molar-refractivity contribution in [1.82, 2.24) is 4.90 Å². The first-order chi connectivity index (χ1) is 15.7. The highest BCUT2D eigenvalue weighted by atomic mass is 35.5. The van der Waals surface area contributed by atoms with Gasteiger partial charge in [-0.15, -0.1) is 0 Å². The first kappa shape index (κ1) is 25.6. The lowest BCUT2D eigenvalue weighted by atomic mass is 9.97. The van der Waals surface area contributed by atoms with E-state index in [0.29, 0.717) is 19.4 Å². The summed E-state index contributed by atoms with van der Waals surface area (Å²) < 4.78 is 19.8. The molecule has 3 atom stereocenters. The highest BCUT2D eigenvalue weighted by Gasteiger charge is 2.27. The molecule has 2 N–H and O–H groups in total. The van der Waals surface area contributed by atoms with Gasteiger partial charge >= 0.3 is 5.97 Å². The molecule has 0 aliphatic carbocycles. The Morgan fingerprint density at radius 2 is 2.09 bits per heavy atom. The Balaban J connectivity index is 1.53. The SMILES string of the molecule is Cc1ccc([C@@H](C)OC[C@H](O)CN2CCC[C@H]2Cc2ccc(Cl)c(F)c2)c(CCC(=O)O)c1. The van der Waals surface area contributed by atoms with Crippen molar-refractivity contribution in [3.63, 3.8) is 0 Å². The van der Waals surface area contributed by atoms with Gasteiger partial charge in [-0.1, -0.05) is 41.4 Å². The fourth-order valence-corrected chi connectivity index (χ4v) is 4.68. The van der Waals surface area contributed by atoms with Crippen LogP contribution in [0.3, 0.4) is 0 Å². The van der Waals surface area contributed by atoms with Crippen LogP contribution in [0, 0.1) is 12.7 Å². The molecule has 2 aromatic rings. The number of β-amino-alcohol motifs (C(OH)–C–C–N with tert-alkyl or cyclic N) is 1. The number of aliphatic hydroxyl groups excluding tert-OH is 1. The molecule has 33 heavy (non-hydrogen) atoms. The number of hydrogen-bond acceptors (Lipinski definition) is 4. The average molecular weight is 478 g/mol. The summed E-state index contributed by atoms with van der Waals surface area (Å²) in [6, 6.07) is 11.2. The average Bonchev–Trinajstić information content (AvgIpc) is 3.19. The number of carbonyl (C=O) groups is 1. The summed E-state index contributed by atoms with van der Waals surface area (Å²) in [5.41, 5.74) is 3.90. The minimum Gasteiger partial charge on any atom is -0.481 e. The molecule has 0 radical (unpaired) electrons. The van der Waals surface area contributed by atoms with Crippen LogP contribution in [-0.2, 0) is 22.4 Å². The number of aliphatic carboxylic acids is 1. The van der Waals surface area contributed by atoms with Gasteiger partial charge in [-0.3, -0.25) is 9.69 Å². The number of hydrogen-bond donors (Lipinski definition) is 2. The summed E-state index contributed by atoms with van der Waals surface area (Å²) >= 11 is 5.79. The van der Waals surface area contributed by atoms with Gasteiger partial charge in [0.25, 0.3) is 0 Å². The highest BCUT2D eigenvalue weighted by Crippen LogP contribution is 2.26. The van der Waals surface area contributed by atoms with Crippen LogP contribution in [0.5, 0.6) is 0 Å². The Morgan fingerprint density at radius 3 is 2.82 bits per heavy atom. The number of halogens is 2.